The van der Waals surface area contributed by atoms with Gasteiger partial charge in [-0.05, 0) is 31.0 Å². The number of hydrogen-bond donors (Lipinski definition) is 0. The number of carbonyl (C=O) groups is 1. The Kier molecular flexibility index (Phi) is 5.01. The molecule has 2 heterocycles. The van der Waals surface area contributed by atoms with E-state index in [2.05, 4.69) is 9.97 Å². The largest absolute Gasteiger partial charge is 0.443 e. The molecular formula is C19H19N3O2. The standard InChI is InChI=1S/C19H19N3O2/c1-2-22(13-10-15-8-11-20-12-9-15)19(23)17-18(24-14-21-17)16-6-4-3-5-7-16/h3-9,11-12,14H,2,10,13H2,1H3. The Morgan fingerprint density at radius 2 is 1.88 bits per heavy atom. The summed E-state index contributed by atoms with van der Waals surface area (Å²) >= 11 is 0. The highest BCUT2D eigenvalue weighted by atomic mass is 16.3. The van der Waals surface area contributed by atoms with Crippen molar-refractivity contribution in [2.24, 2.45) is 0 Å². The zero-order chi connectivity index (χ0) is 16.8. The number of amides is 1. The minimum Gasteiger partial charge on any atom is -0.443 e. The van der Waals surface area contributed by atoms with Gasteiger partial charge in [-0.15, -0.1) is 0 Å². The van der Waals surface area contributed by atoms with Crippen LogP contribution in [0.25, 0.3) is 11.3 Å². The van der Waals surface area contributed by atoms with Crippen LogP contribution in [0, 0.1) is 0 Å². The molecule has 0 unspecified atom stereocenters. The molecule has 0 saturated carbocycles. The highest BCUT2D eigenvalue weighted by Crippen LogP contribution is 2.23. The molecule has 3 aromatic rings. The fraction of sp³-hybridized carbons (Fsp3) is 0.211. The number of pyridine rings is 1. The molecule has 5 heteroatoms. The maximum atomic E-state index is 12.8. The third-order valence-corrected chi connectivity index (χ3v) is 3.89. The van der Waals surface area contributed by atoms with Crippen molar-refractivity contribution in [2.75, 3.05) is 13.1 Å². The van der Waals surface area contributed by atoms with Gasteiger partial charge in [0.25, 0.3) is 5.91 Å². The van der Waals surface area contributed by atoms with E-state index in [9.17, 15) is 4.79 Å². The molecule has 0 aliphatic carbocycles. The monoisotopic (exact) mass is 321 g/mol. The summed E-state index contributed by atoms with van der Waals surface area (Å²) in [6.07, 6.45) is 5.63. The van der Waals surface area contributed by atoms with Crippen molar-refractivity contribution in [1.29, 1.82) is 0 Å². The van der Waals surface area contributed by atoms with Crippen LogP contribution in [0.5, 0.6) is 0 Å². The number of aromatic nitrogens is 2. The van der Waals surface area contributed by atoms with Crippen LogP contribution in [-0.4, -0.2) is 33.9 Å². The zero-order valence-electron chi connectivity index (χ0n) is 13.6. The lowest BCUT2D eigenvalue weighted by atomic mass is 10.1. The van der Waals surface area contributed by atoms with Crippen LogP contribution in [0.4, 0.5) is 0 Å². The zero-order valence-corrected chi connectivity index (χ0v) is 13.6. The van der Waals surface area contributed by atoms with Crippen molar-refractivity contribution in [3.63, 3.8) is 0 Å². The number of carbonyl (C=O) groups excluding carboxylic acids is 1. The third-order valence-electron chi connectivity index (χ3n) is 3.89. The third kappa shape index (κ3) is 3.51. The van der Waals surface area contributed by atoms with Crippen molar-refractivity contribution in [1.82, 2.24) is 14.9 Å². The SMILES string of the molecule is CCN(CCc1ccncc1)C(=O)c1ncoc1-c1ccccc1. The van der Waals surface area contributed by atoms with Gasteiger partial charge in [0.15, 0.2) is 17.8 Å². The van der Waals surface area contributed by atoms with E-state index in [1.807, 2.05) is 49.4 Å². The Labute approximate surface area is 141 Å². The summed E-state index contributed by atoms with van der Waals surface area (Å²) in [6, 6.07) is 13.5. The number of nitrogens with zero attached hydrogens (tertiary/aromatic N) is 3. The van der Waals surface area contributed by atoms with E-state index in [1.165, 1.54) is 6.39 Å². The second-order valence-electron chi connectivity index (χ2n) is 5.39. The molecule has 0 saturated heterocycles. The number of oxazole rings is 1. The van der Waals surface area contributed by atoms with Crippen LogP contribution in [0.2, 0.25) is 0 Å². The van der Waals surface area contributed by atoms with Gasteiger partial charge in [0, 0.05) is 31.0 Å². The van der Waals surface area contributed by atoms with E-state index < -0.39 is 0 Å². The summed E-state index contributed by atoms with van der Waals surface area (Å²) in [4.78, 5) is 22.8. The smallest absolute Gasteiger partial charge is 0.276 e. The second-order valence-corrected chi connectivity index (χ2v) is 5.39. The van der Waals surface area contributed by atoms with Crippen LogP contribution in [0.1, 0.15) is 23.0 Å². The predicted molar refractivity (Wildman–Crippen MR) is 91.5 cm³/mol. The molecular weight excluding hydrogens is 302 g/mol. The fourth-order valence-electron chi connectivity index (χ4n) is 2.56. The molecule has 1 amide bonds. The molecule has 0 aliphatic rings. The number of rotatable bonds is 6. The predicted octanol–water partition coefficient (Wildman–Crippen LogP) is 3.44. The van der Waals surface area contributed by atoms with E-state index in [-0.39, 0.29) is 5.91 Å². The van der Waals surface area contributed by atoms with E-state index in [0.717, 1.165) is 17.5 Å². The molecule has 0 N–H and O–H groups in total. The van der Waals surface area contributed by atoms with Crippen molar-refractivity contribution >= 4 is 5.91 Å². The van der Waals surface area contributed by atoms with Crippen LogP contribution in [0.3, 0.4) is 0 Å². The summed E-state index contributed by atoms with van der Waals surface area (Å²) < 4.78 is 5.46. The minimum absolute atomic E-state index is 0.112. The van der Waals surface area contributed by atoms with Crippen molar-refractivity contribution in [3.8, 4) is 11.3 Å². The lowest BCUT2D eigenvalue weighted by Crippen LogP contribution is -2.33. The first-order valence-electron chi connectivity index (χ1n) is 7.96. The van der Waals surface area contributed by atoms with Crippen molar-refractivity contribution < 1.29 is 9.21 Å². The Bertz CT molecular complexity index is 785. The highest BCUT2D eigenvalue weighted by molar-refractivity contribution is 5.97. The van der Waals surface area contributed by atoms with Gasteiger partial charge in [-0.3, -0.25) is 9.78 Å². The molecule has 0 aliphatic heterocycles. The van der Waals surface area contributed by atoms with Gasteiger partial charge in [-0.25, -0.2) is 4.98 Å². The topological polar surface area (TPSA) is 59.2 Å². The summed E-state index contributed by atoms with van der Waals surface area (Å²) in [7, 11) is 0. The van der Waals surface area contributed by atoms with E-state index in [0.29, 0.717) is 24.5 Å². The summed E-state index contributed by atoms with van der Waals surface area (Å²) in [5.41, 5.74) is 2.36. The van der Waals surface area contributed by atoms with Gasteiger partial charge in [0.1, 0.15) is 0 Å². The first-order chi connectivity index (χ1) is 11.8. The lowest BCUT2D eigenvalue weighted by molar-refractivity contribution is 0.0761. The molecule has 1 aromatic carbocycles. The average Bonchev–Trinajstić information content (AvgIpc) is 3.13. The molecule has 0 fully saturated rings. The maximum absolute atomic E-state index is 12.8. The molecule has 24 heavy (non-hydrogen) atoms. The van der Waals surface area contributed by atoms with Crippen LogP contribution >= 0.6 is 0 Å². The summed E-state index contributed by atoms with van der Waals surface area (Å²) in [5, 5.41) is 0. The van der Waals surface area contributed by atoms with Crippen molar-refractivity contribution in [3.05, 3.63) is 72.5 Å². The number of benzene rings is 1. The molecule has 122 valence electrons. The molecule has 5 nitrogen and oxygen atoms in total. The summed E-state index contributed by atoms with van der Waals surface area (Å²) in [6.45, 7) is 3.21. The Morgan fingerprint density at radius 1 is 1.12 bits per heavy atom. The van der Waals surface area contributed by atoms with Gasteiger partial charge in [0.2, 0.25) is 0 Å². The Balaban J connectivity index is 1.76. The van der Waals surface area contributed by atoms with E-state index in [1.54, 1.807) is 17.3 Å². The van der Waals surface area contributed by atoms with Gasteiger partial charge in [-0.2, -0.15) is 0 Å². The van der Waals surface area contributed by atoms with Crippen LogP contribution in [-0.2, 0) is 6.42 Å². The first kappa shape index (κ1) is 15.9. The Hall–Kier alpha value is -2.95. The normalized spacial score (nSPS) is 10.5. The van der Waals surface area contributed by atoms with Gasteiger partial charge < -0.3 is 9.32 Å². The number of likely N-dealkylation sites (N-methyl/N-ethyl adjacent to an activating group) is 1. The van der Waals surface area contributed by atoms with Gasteiger partial charge >= 0.3 is 0 Å². The van der Waals surface area contributed by atoms with E-state index >= 15 is 0 Å². The molecule has 3 rings (SSSR count). The van der Waals surface area contributed by atoms with Crippen LogP contribution < -0.4 is 0 Å². The maximum Gasteiger partial charge on any atom is 0.276 e. The Morgan fingerprint density at radius 3 is 2.58 bits per heavy atom. The van der Waals surface area contributed by atoms with Crippen LogP contribution in [0.15, 0.2) is 65.7 Å². The van der Waals surface area contributed by atoms with Gasteiger partial charge in [-0.1, -0.05) is 30.3 Å². The number of hydrogen-bond acceptors (Lipinski definition) is 4. The molecule has 0 spiro atoms. The molecule has 0 atom stereocenters. The molecule has 2 aromatic heterocycles. The lowest BCUT2D eigenvalue weighted by Gasteiger charge is -2.20. The minimum atomic E-state index is -0.112. The average molecular weight is 321 g/mol. The molecule has 0 radical (unpaired) electrons. The second kappa shape index (κ2) is 7.55. The highest BCUT2D eigenvalue weighted by Gasteiger charge is 2.22. The fourth-order valence-corrected chi connectivity index (χ4v) is 2.56. The first-order valence-corrected chi connectivity index (χ1v) is 7.96. The van der Waals surface area contributed by atoms with Gasteiger partial charge in [0.05, 0.1) is 0 Å². The van der Waals surface area contributed by atoms with Crippen molar-refractivity contribution in [2.45, 2.75) is 13.3 Å². The van der Waals surface area contributed by atoms with E-state index in [4.69, 9.17) is 4.42 Å². The molecule has 0 bridgehead atoms. The summed E-state index contributed by atoms with van der Waals surface area (Å²) in [5.74, 6) is 0.405. The quantitative estimate of drug-likeness (QED) is 0.698.